The lowest BCUT2D eigenvalue weighted by Crippen LogP contribution is -2.37. The fourth-order valence-electron chi connectivity index (χ4n) is 4.21. The first-order chi connectivity index (χ1) is 11.1. The van der Waals surface area contributed by atoms with Crippen LogP contribution in [0.3, 0.4) is 0 Å². The minimum absolute atomic E-state index is 0.648. The fourth-order valence-corrected chi connectivity index (χ4v) is 4.86. The van der Waals surface area contributed by atoms with E-state index in [0.717, 1.165) is 36.1 Å². The Balaban J connectivity index is 1.87. The third-order valence-electron chi connectivity index (χ3n) is 5.49. The lowest BCUT2D eigenvalue weighted by atomic mass is 9.87. The van der Waals surface area contributed by atoms with Crippen LogP contribution < -0.4 is 0 Å². The van der Waals surface area contributed by atoms with E-state index < -0.39 is 0 Å². The first-order valence-corrected chi connectivity index (χ1v) is 10.9. The number of unbranched alkanes of at least 4 members (excludes halogenated alkanes) is 1. The first-order valence-electron chi connectivity index (χ1n) is 9.82. The molecule has 1 saturated heterocycles. The lowest BCUT2D eigenvalue weighted by Gasteiger charge is -2.29. The van der Waals surface area contributed by atoms with Crippen LogP contribution in [0.15, 0.2) is 0 Å². The molecule has 0 aromatic rings. The number of hydrogen-bond acceptors (Lipinski definition) is 1. The maximum absolute atomic E-state index is 5.85. The largest absolute Gasteiger partial charge is 0.347 e. The highest BCUT2D eigenvalue weighted by atomic mass is 32.1. The van der Waals surface area contributed by atoms with Crippen LogP contribution in [0.5, 0.6) is 0 Å². The second-order valence-corrected chi connectivity index (χ2v) is 8.82. The number of nitrogens with zero attached hydrogens (tertiary/aromatic N) is 2. The van der Waals surface area contributed by atoms with Gasteiger partial charge in [0.25, 0.3) is 0 Å². The molecule has 4 heteroatoms. The zero-order valence-electron chi connectivity index (χ0n) is 15.2. The Bertz CT molecular complexity index is 355. The summed E-state index contributed by atoms with van der Waals surface area (Å²) >= 11 is 5.85. The molecule has 1 aliphatic heterocycles. The van der Waals surface area contributed by atoms with Gasteiger partial charge in [-0.25, -0.2) is 0 Å². The molecule has 0 spiro atoms. The molecular weight excluding hydrogens is 316 g/mol. The summed E-state index contributed by atoms with van der Waals surface area (Å²) in [5.41, 5.74) is 0. The molecule has 0 N–H and O–H groups in total. The van der Waals surface area contributed by atoms with E-state index >= 15 is 0 Å². The Morgan fingerprint density at radius 3 is 2.52 bits per heavy atom. The summed E-state index contributed by atoms with van der Waals surface area (Å²) in [6.45, 7) is 8.17. The van der Waals surface area contributed by atoms with E-state index in [1.165, 1.54) is 64.3 Å². The van der Waals surface area contributed by atoms with Crippen molar-refractivity contribution in [2.45, 2.75) is 83.7 Å². The first kappa shape index (κ1) is 19.2. The molecule has 1 heterocycles. The Hall–Kier alpha value is -0.0931. The van der Waals surface area contributed by atoms with Gasteiger partial charge in [-0.1, -0.05) is 58.4 Å². The Morgan fingerprint density at radius 1 is 1.13 bits per heavy atom. The van der Waals surface area contributed by atoms with Crippen molar-refractivity contribution in [3.63, 3.8) is 0 Å². The summed E-state index contributed by atoms with van der Waals surface area (Å²) < 4.78 is 0. The van der Waals surface area contributed by atoms with Gasteiger partial charge in [-0.3, -0.25) is 0 Å². The molecule has 0 bridgehead atoms. The molecule has 1 aliphatic carbocycles. The van der Waals surface area contributed by atoms with Gasteiger partial charge in [-0.15, -0.1) is 0 Å². The van der Waals surface area contributed by atoms with Crippen LogP contribution in [0.25, 0.3) is 0 Å². The van der Waals surface area contributed by atoms with Crippen molar-refractivity contribution < 1.29 is 0 Å². The summed E-state index contributed by atoms with van der Waals surface area (Å²) in [5.74, 6) is 1.70. The predicted molar refractivity (Wildman–Crippen MR) is 105 cm³/mol. The average Bonchev–Trinajstić information content (AvgIpc) is 2.81. The van der Waals surface area contributed by atoms with E-state index in [4.69, 9.17) is 12.2 Å². The highest BCUT2D eigenvalue weighted by Gasteiger charge is 2.34. The third kappa shape index (κ3) is 6.04. The van der Waals surface area contributed by atoms with Crippen LogP contribution >= 0.6 is 12.2 Å². The van der Waals surface area contributed by atoms with E-state index in [9.17, 15) is 0 Å². The molecule has 3 radical (unpaired) electrons. The quantitative estimate of drug-likeness (QED) is 0.339. The van der Waals surface area contributed by atoms with E-state index in [1.54, 1.807) is 0 Å². The normalized spacial score (nSPS) is 23.3. The van der Waals surface area contributed by atoms with Crippen LogP contribution in [-0.2, 0) is 0 Å². The van der Waals surface area contributed by atoms with Crippen LogP contribution in [0.4, 0.5) is 0 Å². The summed E-state index contributed by atoms with van der Waals surface area (Å²) in [4.78, 5) is 5.06. The molecule has 0 aromatic carbocycles. The highest BCUT2D eigenvalue weighted by molar-refractivity contribution is 7.80. The summed E-state index contributed by atoms with van der Waals surface area (Å²) in [6, 6.07) is 1.75. The minimum Gasteiger partial charge on any atom is -0.347 e. The molecule has 2 fully saturated rings. The van der Waals surface area contributed by atoms with Gasteiger partial charge < -0.3 is 9.80 Å². The summed E-state index contributed by atoms with van der Waals surface area (Å²) in [6.07, 6.45) is 12.4. The monoisotopic (exact) mass is 351 g/mol. The van der Waals surface area contributed by atoms with Crippen LogP contribution in [0, 0.1) is 11.8 Å². The number of rotatable bonds is 9. The van der Waals surface area contributed by atoms with Crippen molar-refractivity contribution in [2.24, 2.45) is 11.8 Å². The van der Waals surface area contributed by atoms with Gasteiger partial charge in [0.15, 0.2) is 5.11 Å². The van der Waals surface area contributed by atoms with Crippen LogP contribution in [0.2, 0.25) is 6.04 Å². The molecular formula is C19H35N2SSi. The highest BCUT2D eigenvalue weighted by Crippen LogP contribution is 2.29. The van der Waals surface area contributed by atoms with E-state index in [-0.39, 0.29) is 0 Å². The standard InChI is InChI=1S/C19H35N2SSi/c1-16(2)14-18-15-20(11-6-7-13-23)19(22)21(18)12-10-17-8-4-3-5-9-17/h16-18H,3-15H2,1-2H3/t18-/m1/s1. The second-order valence-electron chi connectivity index (χ2n) is 7.96. The van der Waals surface area contributed by atoms with E-state index in [2.05, 4.69) is 33.9 Å². The molecule has 2 rings (SSSR count). The van der Waals surface area contributed by atoms with Gasteiger partial charge in [-0.2, -0.15) is 0 Å². The molecule has 0 amide bonds. The molecule has 0 aromatic heterocycles. The average molecular weight is 352 g/mol. The molecule has 2 nitrogen and oxygen atoms in total. The zero-order valence-corrected chi connectivity index (χ0v) is 17.0. The van der Waals surface area contributed by atoms with Crippen LogP contribution in [-0.4, -0.2) is 50.8 Å². The lowest BCUT2D eigenvalue weighted by molar-refractivity contribution is 0.257. The van der Waals surface area contributed by atoms with E-state index in [0.29, 0.717) is 6.04 Å². The maximum Gasteiger partial charge on any atom is 0.171 e. The van der Waals surface area contributed by atoms with Gasteiger partial charge >= 0.3 is 0 Å². The van der Waals surface area contributed by atoms with Gasteiger partial charge in [0.2, 0.25) is 0 Å². The van der Waals surface area contributed by atoms with Crippen molar-refractivity contribution in [1.82, 2.24) is 9.80 Å². The van der Waals surface area contributed by atoms with Crippen molar-refractivity contribution in [1.29, 1.82) is 0 Å². The maximum atomic E-state index is 5.85. The van der Waals surface area contributed by atoms with Crippen LogP contribution in [0.1, 0.15) is 71.6 Å². The van der Waals surface area contributed by atoms with Crippen molar-refractivity contribution >= 4 is 27.6 Å². The van der Waals surface area contributed by atoms with Crippen molar-refractivity contribution in [3.8, 4) is 0 Å². The van der Waals surface area contributed by atoms with Gasteiger partial charge in [0, 0.05) is 35.9 Å². The third-order valence-corrected chi connectivity index (χ3v) is 6.34. The molecule has 131 valence electrons. The smallest absolute Gasteiger partial charge is 0.171 e. The van der Waals surface area contributed by atoms with E-state index in [1.807, 2.05) is 0 Å². The topological polar surface area (TPSA) is 6.48 Å². The van der Waals surface area contributed by atoms with Gasteiger partial charge in [0.05, 0.1) is 0 Å². The molecule has 1 atom stereocenters. The number of thiocarbonyl (C=S) groups is 1. The zero-order chi connectivity index (χ0) is 16.7. The fraction of sp³-hybridized carbons (Fsp3) is 0.947. The predicted octanol–water partition coefficient (Wildman–Crippen LogP) is 4.64. The molecule has 2 aliphatic rings. The van der Waals surface area contributed by atoms with Gasteiger partial charge in [0.1, 0.15) is 0 Å². The second kappa shape index (κ2) is 10.0. The van der Waals surface area contributed by atoms with Gasteiger partial charge in [-0.05, 0) is 43.3 Å². The summed E-state index contributed by atoms with van der Waals surface area (Å²) in [5, 5.41) is 1.14. The Labute approximate surface area is 152 Å². The van der Waals surface area contributed by atoms with Crippen molar-refractivity contribution in [2.75, 3.05) is 19.6 Å². The molecule has 23 heavy (non-hydrogen) atoms. The summed E-state index contributed by atoms with van der Waals surface area (Å²) in [7, 11) is 3.58. The molecule has 0 unspecified atom stereocenters. The minimum atomic E-state index is 0.648. The Morgan fingerprint density at radius 2 is 1.87 bits per heavy atom. The SMILES string of the molecule is CC(C)C[C@@H]1CN(CCCC[Si])C(=S)N1CCC1CCCCC1. The van der Waals surface area contributed by atoms with Crippen molar-refractivity contribution in [3.05, 3.63) is 0 Å². The number of hydrogen-bond donors (Lipinski definition) is 0. The Kier molecular flexibility index (Phi) is 8.38. The molecule has 1 saturated carbocycles.